The topological polar surface area (TPSA) is 71.8 Å². The fourth-order valence-electron chi connectivity index (χ4n) is 2.99. The third kappa shape index (κ3) is 3.38. The SMILES string of the molecule is CCC(Cc1ccccc1)(C(N)=O)C(c1c[nH]cn1)C(F)(F)F. The van der Waals surface area contributed by atoms with Crippen LogP contribution in [0.15, 0.2) is 42.9 Å². The third-order valence-corrected chi connectivity index (χ3v) is 4.18. The summed E-state index contributed by atoms with van der Waals surface area (Å²) in [5.74, 6) is -3.04. The Kier molecular flexibility index (Phi) is 4.77. The van der Waals surface area contributed by atoms with Crippen molar-refractivity contribution < 1.29 is 18.0 Å². The van der Waals surface area contributed by atoms with Gasteiger partial charge in [0.25, 0.3) is 0 Å². The second-order valence-electron chi connectivity index (χ2n) is 5.51. The van der Waals surface area contributed by atoms with E-state index in [0.717, 1.165) is 12.5 Å². The standard InChI is InChI=1S/C16H18F3N3O/c1-2-15(14(20)23,8-11-6-4-3-5-7-11)13(16(17,18)19)12-9-21-10-22-12/h3-7,9-10,13H,2,8H2,1H3,(H2,20,23)(H,21,22). The Morgan fingerprint density at radius 3 is 2.39 bits per heavy atom. The molecule has 0 bridgehead atoms. The summed E-state index contributed by atoms with van der Waals surface area (Å²) in [4.78, 5) is 18.4. The molecule has 7 heteroatoms. The Balaban J connectivity index is 2.57. The van der Waals surface area contributed by atoms with E-state index >= 15 is 0 Å². The number of nitrogens with zero attached hydrogens (tertiary/aromatic N) is 1. The first-order valence-corrected chi connectivity index (χ1v) is 7.20. The van der Waals surface area contributed by atoms with Gasteiger partial charge in [0, 0.05) is 6.20 Å². The number of carbonyl (C=O) groups is 1. The number of rotatable bonds is 6. The van der Waals surface area contributed by atoms with E-state index in [2.05, 4.69) is 9.97 Å². The molecule has 3 N–H and O–H groups in total. The maximum absolute atomic E-state index is 13.8. The molecule has 0 spiro atoms. The third-order valence-electron chi connectivity index (χ3n) is 4.18. The highest BCUT2D eigenvalue weighted by Gasteiger charge is 2.57. The van der Waals surface area contributed by atoms with E-state index in [4.69, 9.17) is 5.73 Å². The smallest absolute Gasteiger partial charge is 0.369 e. The van der Waals surface area contributed by atoms with Crippen LogP contribution in [0.5, 0.6) is 0 Å². The summed E-state index contributed by atoms with van der Waals surface area (Å²) >= 11 is 0. The van der Waals surface area contributed by atoms with E-state index in [1.165, 1.54) is 0 Å². The van der Waals surface area contributed by atoms with E-state index in [0.29, 0.717) is 5.56 Å². The second kappa shape index (κ2) is 6.44. The van der Waals surface area contributed by atoms with Gasteiger partial charge in [-0.3, -0.25) is 4.79 Å². The van der Waals surface area contributed by atoms with Crippen molar-refractivity contribution in [3.63, 3.8) is 0 Å². The Hall–Kier alpha value is -2.31. The molecule has 2 unspecified atom stereocenters. The van der Waals surface area contributed by atoms with Crippen molar-refractivity contribution in [1.29, 1.82) is 0 Å². The van der Waals surface area contributed by atoms with Crippen molar-refractivity contribution in [2.75, 3.05) is 0 Å². The number of hydrogen-bond donors (Lipinski definition) is 2. The lowest BCUT2D eigenvalue weighted by Gasteiger charge is -2.38. The number of alkyl halides is 3. The van der Waals surface area contributed by atoms with Gasteiger partial charge in [-0.15, -0.1) is 0 Å². The molecule has 1 aromatic heterocycles. The molecule has 124 valence electrons. The molecule has 0 aliphatic carbocycles. The van der Waals surface area contributed by atoms with Crippen LogP contribution in [0.2, 0.25) is 0 Å². The van der Waals surface area contributed by atoms with Crippen molar-refractivity contribution in [1.82, 2.24) is 9.97 Å². The van der Waals surface area contributed by atoms with Gasteiger partial charge in [-0.2, -0.15) is 13.2 Å². The summed E-state index contributed by atoms with van der Waals surface area (Å²) in [6, 6.07) is 8.56. The number of imidazole rings is 1. The molecular weight excluding hydrogens is 307 g/mol. The highest BCUT2D eigenvalue weighted by molar-refractivity contribution is 5.82. The van der Waals surface area contributed by atoms with Gasteiger partial charge >= 0.3 is 6.18 Å². The lowest BCUT2D eigenvalue weighted by atomic mass is 9.67. The molecule has 2 atom stereocenters. The maximum Gasteiger partial charge on any atom is 0.398 e. The normalized spacial score (nSPS) is 15.8. The van der Waals surface area contributed by atoms with E-state index in [-0.39, 0.29) is 18.5 Å². The molecule has 0 saturated carbocycles. The Labute approximate surface area is 131 Å². The molecule has 23 heavy (non-hydrogen) atoms. The molecule has 0 fully saturated rings. The summed E-state index contributed by atoms with van der Waals surface area (Å²) in [5.41, 5.74) is 4.06. The van der Waals surface area contributed by atoms with Gasteiger partial charge in [-0.1, -0.05) is 37.3 Å². The highest BCUT2D eigenvalue weighted by Crippen LogP contribution is 2.50. The first-order chi connectivity index (χ1) is 10.8. The van der Waals surface area contributed by atoms with Crippen LogP contribution in [-0.4, -0.2) is 22.1 Å². The number of halogens is 3. The van der Waals surface area contributed by atoms with E-state index in [9.17, 15) is 18.0 Å². The zero-order valence-corrected chi connectivity index (χ0v) is 12.6. The fourth-order valence-corrected chi connectivity index (χ4v) is 2.99. The van der Waals surface area contributed by atoms with Crippen molar-refractivity contribution in [2.45, 2.75) is 31.9 Å². The molecule has 1 amide bonds. The van der Waals surface area contributed by atoms with Crippen molar-refractivity contribution in [3.05, 3.63) is 54.1 Å². The van der Waals surface area contributed by atoms with Gasteiger partial charge in [0.2, 0.25) is 5.91 Å². The summed E-state index contributed by atoms with van der Waals surface area (Å²) in [5, 5.41) is 0. The summed E-state index contributed by atoms with van der Waals surface area (Å²) in [6.07, 6.45) is -2.46. The molecule has 1 aromatic carbocycles. The Morgan fingerprint density at radius 2 is 1.96 bits per heavy atom. The van der Waals surface area contributed by atoms with Crippen LogP contribution in [0, 0.1) is 5.41 Å². The molecule has 0 saturated heterocycles. The summed E-state index contributed by atoms with van der Waals surface area (Å²) in [6.45, 7) is 1.54. The number of hydrogen-bond acceptors (Lipinski definition) is 2. The van der Waals surface area contributed by atoms with Crippen molar-refractivity contribution in [2.24, 2.45) is 11.1 Å². The van der Waals surface area contributed by atoms with Gasteiger partial charge in [-0.05, 0) is 18.4 Å². The van der Waals surface area contributed by atoms with Crippen LogP contribution in [-0.2, 0) is 11.2 Å². The zero-order chi connectivity index (χ0) is 17.1. The highest BCUT2D eigenvalue weighted by atomic mass is 19.4. The van der Waals surface area contributed by atoms with Crippen LogP contribution in [0.25, 0.3) is 0 Å². The number of benzene rings is 1. The predicted molar refractivity (Wildman–Crippen MR) is 79.4 cm³/mol. The largest absolute Gasteiger partial charge is 0.398 e. The lowest BCUT2D eigenvalue weighted by molar-refractivity contribution is -0.184. The molecular formula is C16H18F3N3O. The molecule has 0 radical (unpaired) electrons. The fraction of sp³-hybridized carbons (Fsp3) is 0.375. The molecule has 0 aliphatic heterocycles. The van der Waals surface area contributed by atoms with Gasteiger partial charge in [0.15, 0.2) is 0 Å². The quantitative estimate of drug-likeness (QED) is 0.856. The van der Waals surface area contributed by atoms with Crippen LogP contribution in [0.4, 0.5) is 13.2 Å². The van der Waals surface area contributed by atoms with Crippen molar-refractivity contribution >= 4 is 5.91 Å². The number of nitrogens with one attached hydrogen (secondary N) is 1. The minimum Gasteiger partial charge on any atom is -0.369 e. The van der Waals surface area contributed by atoms with E-state index in [1.807, 2.05) is 0 Å². The average Bonchev–Trinajstić information content (AvgIpc) is 2.99. The molecule has 1 heterocycles. The van der Waals surface area contributed by atoms with Crippen molar-refractivity contribution in [3.8, 4) is 0 Å². The zero-order valence-electron chi connectivity index (χ0n) is 12.6. The van der Waals surface area contributed by atoms with Crippen LogP contribution in [0.1, 0.15) is 30.5 Å². The number of amides is 1. The molecule has 2 rings (SSSR count). The number of primary amides is 1. The lowest BCUT2D eigenvalue weighted by Crippen LogP contribution is -2.48. The predicted octanol–water partition coefficient (Wildman–Crippen LogP) is 3.18. The second-order valence-corrected chi connectivity index (χ2v) is 5.51. The number of nitrogens with two attached hydrogens (primary N) is 1. The van der Waals surface area contributed by atoms with E-state index < -0.39 is 23.4 Å². The van der Waals surface area contributed by atoms with Gasteiger partial charge in [-0.25, -0.2) is 4.98 Å². The molecule has 4 nitrogen and oxygen atoms in total. The minimum absolute atomic E-state index is 0.0474. The average molecular weight is 325 g/mol. The number of aromatic nitrogens is 2. The minimum atomic E-state index is -4.64. The first-order valence-electron chi connectivity index (χ1n) is 7.20. The van der Waals surface area contributed by atoms with Gasteiger partial charge in [0.1, 0.15) is 5.92 Å². The van der Waals surface area contributed by atoms with Gasteiger partial charge in [0.05, 0.1) is 17.4 Å². The van der Waals surface area contributed by atoms with Crippen LogP contribution < -0.4 is 5.73 Å². The number of H-pyrrole nitrogens is 1. The van der Waals surface area contributed by atoms with Gasteiger partial charge < -0.3 is 10.7 Å². The number of carbonyl (C=O) groups excluding carboxylic acids is 1. The van der Waals surface area contributed by atoms with E-state index in [1.54, 1.807) is 37.3 Å². The number of aromatic amines is 1. The van der Waals surface area contributed by atoms with Crippen LogP contribution >= 0.6 is 0 Å². The van der Waals surface area contributed by atoms with Crippen LogP contribution in [0.3, 0.4) is 0 Å². The maximum atomic E-state index is 13.8. The first kappa shape index (κ1) is 17.1. The molecule has 0 aliphatic rings. The monoisotopic (exact) mass is 325 g/mol. The molecule has 2 aromatic rings. The summed E-state index contributed by atoms with van der Waals surface area (Å²) in [7, 11) is 0. The Bertz CT molecular complexity index is 640. The summed E-state index contributed by atoms with van der Waals surface area (Å²) < 4.78 is 41.3. The Morgan fingerprint density at radius 1 is 1.30 bits per heavy atom.